The lowest BCUT2D eigenvalue weighted by Crippen LogP contribution is -2.46. The number of aryl methyl sites for hydroxylation is 1. The molecule has 3 rings (SSSR count). The van der Waals surface area contributed by atoms with Crippen LogP contribution in [-0.4, -0.2) is 26.9 Å². The van der Waals surface area contributed by atoms with Gasteiger partial charge in [0.2, 0.25) is 5.91 Å². The molecule has 110 valence electrons. The van der Waals surface area contributed by atoms with Gasteiger partial charge in [0.05, 0.1) is 17.1 Å². The van der Waals surface area contributed by atoms with Crippen molar-refractivity contribution in [3.63, 3.8) is 0 Å². The highest BCUT2D eigenvalue weighted by atomic mass is 32.1. The maximum absolute atomic E-state index is 12.2. The summed E-state index contributed by atoms with van der Waals surface area (Å²) in [4.78, 5) is 15.3. The van der Waals surface area contributed by atoms with Gasteiger partial charge in [-0.3, -0.25) is 4.79 Å². The highest BCUT2D eigenvalue weighted by Gasteiger charge is 2.36. The number of nitrogens with zero attached hydrogens (tertiary/aromatic N) is 3. The Labute approximate surface area is 129 Å². The second kappa shape index (κ2) is 5.56. The molecule has 0 aliphatic carbocycles. The van der Waals surface area contributed by atoms with Crippen molar-refractivity contribution < 1.29 is 4.79 Å². The molecule has 0 bridgehead atoms. The van der Waals surface area contributed by atoms with Gasteiger partial charge in [0, 0.05) is 18.4 Å². The van der Waals surface area contributed by atoms with Gasteiger partial charge in [-0.1, -0.05) is 41.7 Å². The second-order valence-corrected chi connectivity index (χ2v) is 6.80. The molecule has 1 fully saturated rings. The third-order valence-corrected chi connectivity index (χ3v) is 5.14. The van der Waals surface area contributed by atoms with Crippen molar-refractivity contribution in [2.75, 3.05) is 6.54 Å². The predicted octanol–water partition coefficient (Wildman–Crippen LogP) is 2.93. The average Bonchev–Trinajstić information content (AvgIpc) is 2.89. The Hall–Kier alpha value is -1.75. The fraction of sp³-hybridized carbons (Fsp3) is 0.438. The van der Waals surface area contributed by atoms with Crippen LogP contribution in [0.5, 0.6) is 0 Å². The van der Waals surface area contributed by atoms with Crippen LogP contribution in [-0.2, 0) is 16.8 Å². The Morgan fingerprint density at radius 1 is 1.33 bits per heavy atom. The molecule has 0 N–H and O–H groups in total. The zero-order chi connectivity index (χ0) is 14.9. The number of amides is 1. The fourth-order valence-corrected chi connectivity index (χ4v) is 3.57. The zero-order valence-corrected chi connectivity index (χ0v) is 13.2. The van der Waals surface area contributed by atoms with E-state index in [0.29, 0.717) is 13.0 Å². The monoisotopic (exact) mass is 301 g/mol. The van der Waals surface area contributed by atoms with E-state index < -0.39 is 0 Å². The number of aromatic nitrogens is 2. The summed E-state index contributed by atoms with van der Waals surface area (Å²) in [5.41, 5.74) is 2.27. The molecule has 2 heterocycles. The number of rotatable bonds is 3. The van der Waals surface area contributed by atoms with Crippen molar-refractivity contribution in [2.24, 2.45) is 0 Å². The minimum Gasteiger partial charge on any atom is -0.337 e. The number of hydrogen-bond acceptors (Lipinski definition) is 4. The minimum atomic E-state index is 0.0290. The molecule has 5 heteroatoms. The summed E-state index contributed by atoms with van der Waals surface area (Å²) < 4.78 is 3.96. The molecular formula is C16H19N3OS. The summed E-state index contributed by atoms with van der Waals surface area (Å²) in [6, 6.07) is 10.5. The Morgan fingerprint density at radius 2 is 2.10 bits per heavy atom. The molecule has 1 aromatic heterocycles. The molecule has 1 aromatic carbocycles. The Kier molecular flexibility index (Phi) is 3.76. The lowest BCUT2D eigenvalue weighted by atomic mass is 9.75. The van der Waals surface area contributed by atoms with E-state index in [0.717, 1.165) is 23.5 Å². The number of carbonyl (C=O) groups excluding carboxylic acids is 1. The van der Waals surface area contributed by atoms with Gasteiger partial charge >= 0.3 is 0 Å². The summed E-state index contributed by atoms with van der Waals surface area (Å²) in [6.45, 7) is 5.58. The van der Waals surface area contributed by atoms with E-state index in [-0.39, 0.29) is 11.3 Å². The molecule has 1 amide bonds. The molecule has 4 nitrogen and oxygen atoms in total. The standard InChI is InChI=1S/C16H19N3OS/c1-12-14(21-18-17-12)10-19-11-16(2,9-8-15(19)20)13-6-4-3-5-7-13/h3-7H,8-11H2,1-2H3/t16-/m1/s1. The number of likely N-dealkylation sites (tertiary alicyclic amines) is 1. The van der Waals surface area contributed by atoms with Crippen molar-refractivity contribution >= 4 is 17.4 Å². The van der Waals surface area contributed by atoms with Gasteiger partial charge in [-0.15, -0.1) is 5.10 Å². The van der Waals surface area contributed by atoms with Crippen LogP contribution in [0.2, 0.25) is 0 Å². The van der Waals surface area contributed by atoms with Gasteiger partial charge in [-0.05, 0) is 30.4 Å². The van der Waals surface area contributed by atoms with E-state index in [1.807, 2.05) is 17.9 Å². The van der Waals surface area contributed by atoms with Gasteiger partial charge in [-0.25, -0.2) is 0 Å². The quantitative estimate of drug-likeness (QED) is 0.875. The summed E-state index contributed by atoms with van der Waals surface area (Å²) in [7, 11) is 0. The van der Waals surface area contributed by atoms with E-state index in [1.54, 1.807) is 0 Å². The van der Waals surface area contributed by atoms with Crippen molar-refractivity contribution in [3.8, 4) is 0 Å². The van der Waals surface area contributed by atoms with Crippen LogP contribution in [0.15, 0.2) is 30.3 Å². The first-order chi connectivity index (χ1) is 10.1. The van der Waals surface area contributed by atoms with Gasteiger partial charge in [-0.2, -0.15) is 0 Å². The van der Waals surface area contributed by atoms with Crippen molar-refractivity contribution in [3.05, 3.63) is 46.5 Å². The molecule has 1 atom stereocenters. The Bertz CT molecular complexity index is 640. The van der Waals surface area contributed by atoms with E-state index in [1.165, 1.54) is 17.1 Å². The van der Waals surface area contributed by atoms with Crippen LogP contribution in [0.25, 0.3) is 0 Å². The van der Waals surface area contributed by atoms with Crippen LogP contribution >= 0.6 is 11.5 Å². The van der Waals surface area contributed by atoms with Gasteiger partial charge in [0.1, 0.15) is 0 Å². The van der Waals surface area contributed by atoms with Crippen LogP contribution in [0.3, 0.4) is 0 Å². The second-order valence-electron chi connectivity index (χ2n) is 5.96. The molecule has 1 aliphatic heterocycles. The smallest absolute Gasteiger partial charge is 0.222 e. The number of hydrogen-bond donors (Lipinski definition) is 0. The summed E-state index contributed by atoms with van der Waals surface area (Å²) in [5, 5.41) is 4.03. The average molecular weight is 301 g/mol. The Morgan fingerprint density at radius 3 is 2.76 bits per heavy atom. The highest BCUT2D eigenvalue weighted by molar-refractivity contribution is 7.05. The van der Waals surface area contributed by atoms with Crippen LogP contribution in [0.4, 0.5) is 0 Å². The number of carbonyl (C=O) groups is 1. The van der Waals surface area contributed by atoms with E-state index in [4.69, 9.17) is 0 Å². The predicted molar refractivity (Wildman–Crippen MR) is 83.1 cm³/mol. The third-order valence-electron chi connectivity index (χ3n) is 4.33. The van der Waals surface area contributed by atoms with Gasteiger partial charge < -0.3 is 4.90 Å². The van der Waals surface area contributed by atoms with Crippen LogP contribution in [0.1, 0.15) is 35.9 Å². The van der Waals surface area contributed by atoms with E-state index in [2.05, 4.69) is 40.8 Å². The first-order valence-corrected chi connectivity index (χ1v) is 7.97. The molecule has 2 aromatic rings. The molecule has 1 aliphatic rings. The summed E-state index contributed by atoms with van der Waals surface area (Å²) in [5.74, 6) is 0.233. The molecule has 0 spiro atoms. The molecular weight excluding hydrogens is 282 g/mol. The number of benzene rings is 1. The molecule has 21 heavy (non-hydrogen) atoms. The van der Waals surface area contributed by atoms with Crippen LogP contribution in [0, 0.1) is 6.92 Å². The number of piperidine rings is 1. The largest absolute Gasteiger partial charge is 0.337 e. The first kappa shape index (κ1) is 14.2. The minimum absolute atomic E-state index is 0.0290. The zero-order valence-electron chi connectivity index (χ0n) is 12.4. The highest BCUT2D eigenvalue weighted by Crippen LogP contribution is 2.34. The Balaban J connectivity index is 1.82. The SMILES string of the molecule is Cc1nnsc1CN1C[C@](C)(c2ccccc2)CCC1=O. The lowest BCUT2D eigenvalue weighted by molar-refractivity contribution is -0.136. The first-order valence-electron chi connectivity index (χ1n) is 7.20. The summed E-state index contributed by atoms with van der Waals surface area (Å²) >= 11 is 1.39. The topological polar surface area (TPSA) is 46.1 Å². The van der Waals surface area contributed by atoms with E-state index in [9.17, 15) is 4.79 Å². The van der Waals surface area contributed by atoms with Crippen molar-refractivity contribution in [2.45, 2.75) is 38.6 Å². The third kappa shape index (κ3) is 2.83. The summed E-state index contributed by atoms with van der Waals surface area (Å²) in [6.07, 6.45) is 1.52. The van der Waals surface area contributed by atoms with Crippen LogP contribution < -0.4 is 0 Å². The lowest BCUT2D eigenvalue weighted by Gasteiger charge is -2.40. The molecule has 1 saturated heterocycles. The maximum Gasteiger partial charge on any atom is 0.222 e. The normalized spacial score (nSPS) is 22.6. The van der Waals surface area contributed by atoms with Crippen molar-refractivity contribution in [1.82, 2.24) is 14.5 Å². The molecule has 0 radical (unpaired) electrons. The molecule has 0 saturated carbocycles. The van der Waals surface area contributed by atoms with Gasteiger partial charge in [0.25, 0.3) is 0 Å². The van der Waals surface area contributed by atoms with Gasteiger partial charge in [0.15, 0.2) is 0 Å². The molecule has 0 unspecified atom stereocenters. The fourth-order valence-electron chi connectivity index (χ4n) is 2.92. The maximum atomic E-state index is 12.2. The van der Waals surface area contributed by atoms with Crippen molar-refractivity contribution in [1.29, 1.82) is 0 Å². The van der Waals surface area contributed by atoms with E-state index >= 15 is 0 Å².